The first-order valence-corrected chi connectivity index (χ1v) is 11.4. The highest BCUT2D eigenvalue weighted by Gasteiger charge is 2.32. The zero-order valence-corrected chi connectivity index (χ0v) is 15.5. The van der Waals surface area contributed by atoms with Crippen molar-refractivity contribution in [3.05, 3.63) is 65.5 Å². The Kier molecular flexibility index (Phi) is 5.11. The van der Waals surface area contributed by atoms with E-state index in [9.17, 15) is 22.8 Å². The molecule has 1 aromatic heterocycles. The quantitative estimate of drug-likeness (QED) is 0.623. The molecule has 0 spiro atoms. The molecule has 0 amide bonds. The van der Waals surface area contributed by atoms with Gasteiger partial charge in [0.25, 0.3) is 10.0 Å². The van der Waals surface area contributed by atoms with Crippen LogP contribution in [-0.2, 0) is 21.1 Å². The Morgan fingerprint density at radius 2 is 1.64 bits per heavy atom. The van der Waals surface area contributed by atoms with Crippen LogP contribution in [0.2, 0.25) is 0 Å². The summed E-state index contributed by atoms with van der Waals surface area (Å²) in [5, 5.41) is 3.05. The summed E-state index contributed by atoms with van der Waals surface area (Å²) < 4.78 is 38.6. The maximum atomic E-state index is 13.1. The van der Waals surface area contributed by atoms with E-state index in [-0.39, 0.29) is 10.8 Å². The fraction of sp³-hybridized carbons (Fsp3) is 0.125. The van der Waals surface area contributed by atoms with E-state index in [1.54, 1.807) is 53.9 Å². The van der Waals surface area contributed by atoms with Crippen molar-refractivity contribution < 1.29 is 22.8 Å². The van der Waals surface area contributed by atoms with E-state index in [4.69, 9.17) is 0 Å². The first-order valence-electron chi connectivity index (χ1n) is 7.32. The van der Waals surface area contributed by atoms with Crippen molar-refractivity contribution in [2.45, 2.75) is 10.8 Å². The molecule has 0 unspecified atom stereocenters. The zero-order chi connectivity index (χ0) is 18.1. The van der Waals surface area contributed by atoms with Crippen LogP contribution in [0.1, 0.15) is 5.56 Å². The van der Waals surface area contributed by atoms with Crippen molar-refractivity contribution in [3.63, 3.8) is 0 Å². The van der Waals surface area contributed by atoms with Crippen molar-refractivity contribution >= 4 is 39.7 Å². The summed E-state index contributed by atoms with van der Waals surface area (Å²) in [6.07, 6.45) is -0.865. The minimum absolute atomic E-state index is 0.0903. The van der Waals surface area contributed by atoms with Crippen LogP contribution in [0, 0.1) is 0 Å². The number of benzene rings is 2. The van der Waals surface area contributed by atoms with Crippen LogP contribution >= 0.6 is 18.9 Å². The molecule has 3 rings (SSSR count). The highest BCUT2D eigenvalue weighted by atomic mass is 32.2. The van der Waals surface area contributed by atoms with E-state index in [1.807, 2.05) is 6.07 Å². The van der Waals surface area contributed by atoms with Crippen LogP contribution in [-0.4, -0.2) is 28.8 Å². The highest BCUT2D eigenvalue weighted by Crippen LogP contribution is 2.40. The predicted octanol–water partition coefficient (Wildman–Crippen LogP) is 3.23. The Morgan fingerprint density at radius 1 is 1.00 bits per heavy atom. The number of hydrogen-bond acceptors (Lipinski definition) is 4. The molecule has 0 saturated carbocycles. The normalized spacial score (nSPS) is 12.8. The summed E-state index contributed by atoms with van der Waals surface area (Å²) >= 11 is 1.05. The summed E-state index contributed by atoms with van der Waals surface area (Å²) in [5.74, 6) is 0. The third-order valence-electron chi connectivity index (χ3n) is 3.59. The lowest BCUT2D eigenvalue weighted by Gasteiger charge is -2.22. The number of thiophene rings is 1. The third kappa shape index (κ3) is 4.17. The van der Waals surface area contributed by atoms with E-state index in [1.165, 1.54) is 0 Å². The summed E-state index contributed by atoms with van der Waals surface area (Å²) in [4.78, 5) is 18.7. The van der Waals surface area contributed by atoms with E-state index < -0.39 is 23.9 Å². The summed E-state index contributed by atoms with van der Waals surface area (Å²) in [5.41, 5.74) is 0.653. The van der Waals surface area contributed by atoms with Gasteiger partial charge in [-0.25, -0.2) is 8.42 Å². The lowest BCUT2D eigenvalue weighted by Crippen LogP contribution is -2.31. The summed E-state index contributed by atoms with van der Waals surface area (Å²) in [6, 6.07) is 15.8. The monoisotopic (exact) mass is 397 g/mol. The first kappa shape index (κ1) is 18.3. The SMILES string of the molecule is O=P(O)(O)CN(Cc1ccccc1)S(=O)(=O)c1scc2ccccc12. The number of sulfonamides is 1. The molecule has 0 aliphatic rings. The molecule has 2 aromatic carbocycles. The van der Waals surface area contributed by atoms with Gasteiger partial charge in [0.05, 0.1) is 0 Å². The number of fused-ring (bicyclic) bond motifs is 1. The standard InChI is InChI=1S/C16H16NO5PS2/c18-23(19,20)12-17(10-13-6-2-1-3-7-13)25(21,22)16-15-9-5-4-8-14(15)11-24-16/h1-9,11H,10,12H2,(H2,18,19,20). The van der Waals surface area contributed by atoms with E-state index in [0.717, 1.165) is 21.0 Å². The van der Waals surface area contributed by atoms with Crippen LogP contribution in [0.25, 0.3) is 10.8 Å². The van der Waals surface area contributed by atoms with E-state index in [2.05, 4.69) is 0 Å². The minimum Gasteiger partial charge on any atom is -0.324 e. The molecule has 0 aliphatic heterocycles. The summed E-state index contributed by atoms with van der Waals surface area (Å²) in [6.45, 7) is -0.111. The Balaban J connectivity index is 2.05. The maximum absolute atomic E-state index is 13.1. The fourth-order valence-electron chi connectivity index (χ4n) is 2.49. The Hall–Kier alpha value is -1.54. The molecule has 0 atom stereocenters. The van der Waals surface area contributed by atoms with Crippen LogP contribution in [0.5, 0.6) is 0 Å². The lowest BCUT2D eigenvalue weighted by atomic mass is 10.2. The second kappa shape index (κ2) is 6.99. The second-order valence-electron chi connectivity index (χ2n) is 5.52. The predicted molar refractivity (Wildman–Crippen MR) is 97.9 cm³/mol. The molecule has 9 heteroatoms. The molecule has 6 nitrogen and oxygen atoms in total. The molecule has 2 N–H and O–H groups in total. The fourth-order valence-corrected chi connectivity index (χ4v) is 6.77. The van der Waals surface area contributed by atoms with Gasteiger partial charge in [0.15, 0.2) is 0 Å². The second-order valence-corrected chi connectivity index (χ2v) is 10.1. The van der Waals surface area contributed by atoms with E-state index in [0.29, 0.717) is 10.9 Å². The van der Waals surface area contributed by atoms with Gasteiger partial charge in [-0.05, 0) is 16.3 Å². The van der Waals surface area contributed by atoms with Gasteiger partial charge < -0.3 is 9.79 Å². The maximum Gasteiger partial charge on any atom is 0.340 e. The molecule has 0 fully saturated rings. The number of hydrogen-bond donors (Lipinski definition) is 2. The average Bonchev–Trinajstić information content (AvgIpc) is 2.99. The molecule has 0 saturated heterocycles. The van der Waals surface area contributed by atoms with Crippen LogP contribution in [0.15, 0.2) is 64.2 Å². The molecule has 0 bridgehead atoms. The van der Waals surface area contributed by atoms with Gasteiger partial charge in [-0.3, -0.25) is 4.57 Å². The van der Waals surface area contributed by atoms with Crippen LogP contribution < -0.4 is 0 Å². The van der Waals surface area contributed by atoms with Crippen LogP contribution in [0.4, 0.5) is 0 Å². The Labute approximate surface area is 149 Å². The van der Waals surface area contributed by atoms with Gasteiger partial charge in [-0.2, -0.15) is 4.31 Å². The third-order valence-corrected chi connectivity index (χ3v) is 7.85. The molecular weight excluding hydrogens is 381 g/mol. The topological polar surface area (TPSA) is 94.9 Å². The molecule has 0 radical (unpaired) electrons. The van der Waals surface area contributed by atoms with Gasteiger partial charge in [-0.15, -0.1) is 11.3 Å². The van der Waals surface area contributed by atoms with Crippen molar-refractivity contribution in [3.8, 4) is 0 Å². The molecule has 25 heavy (non-hydrogen) atoms. The van der Waals surface area contributed by atoms with Crippen LogP contribution in [0.3, 0.4) is 0 Å². The van der Waals surface area contributed by atoms with Crippen molar-refractivity contribution in [2.75, 3.05) is 6.29 Å². The number of rotatable bonds is 6. The zero-order valence-electron chi connectivity index (χ0n) is 13.0. The van der Waals surface area contributed by atoms with Gasteiger partial charge >= 0.3 is 7.60 Å². The highest BCUT2D eigenvalue weighted by molar-refractivity contribution is 7.91. The van der Waals surface area contributed by atoms with Gasteiger partial charge in [0, 0.05) is 11.9 Å². The van der Waals surface area contributed by atoms with E-state index >= 15 is 0 Å². The molecule has 132 valence electrons. The van der Waals surface area contributed by atoms with Gasteiger partial charge in [0.1, 0.15) is 10.5 Å². The Bertz CT molecular complexity index is 1030. The minimum atomic E-state index is -4.57. The van der Waals surface area contributed by atoms with Crippen molar-refractivity contribution in [1.29, 1.82) is 0 Å². The molecule has 1 heterocycles. The molecule has 0 aliphatic carbocycles. The molecular formula is C16H16NO5PS2. The van der Waals surface area contributed by atoms with Crippen molar-refractivity contribution in [2.24, 2.45) is 0 Å². The van der Waals surface area contributed by atoms with Gasteiger partial charge in [-0.1, -0.05) is 54.6 Å². The molecule has 3 aromatic rings. The Morgan fingerprint density at radius 3 is 2.32 bits per heavy atom. The van der Waals surface area contributed by atoms with Crippen molar-refractivity contribution in [1.82, 2.24) is 4.31 Å². The first-order chi connectivity index (χ1) is 11.8. The summed E-state index contributed by atoms with van der Waals surface area (Å²) in [7, 11) is -8.62. The smallest absolute Gasteiger partial charge is 0.324 e. The lowest BCUT2D eigenvalue weighted by molar-refractivity contribution is 0.341. The van der Waals surface area contributed by atoms with Gasteiger partial charge in [0.2, 0.25) is 0 Å². The average molecular weight is 397 g/mol. The largest absolute Gasteiger partial charge is 0.340 e. The number of nitrogens with zero attached hydrogens (tertiary/aromatic N) is 1.